The molecule has 1 atom stereocenters. The number of nitrogens with zero attached hydrogens (tertiary/aromatic N) is 2. The Hall–Kier alpha value is -2.19. The maximum absolute atomic E-state index is 12.2. The molecule has 1 aromatic carbocycles. The number of amides is 1. The molecule has 2 N–H and O–H groups in total. The smallest absolute Gasteiger partial charge is 0.327 e. The highest BCUT2D eigenvalue weighted by Gasteiger charge is 2.31. The zero-order valence-corrected chi connectivity index (χ0v) is 15.9. The van der Waals surface area contributed by atoms with Crippen molar-refractivity contribution in [3.05, 3.63) is 40.0 Å². The van der Waals surface area contributed by atoms with E-state index in [4.69, 9.17) is 16.3 Å². The average Bonchev–Trinajstić information content (AvgIpc) is 2.77. The molecule has 0 unspecified atom stereocenters. The van der Waals surface area contributed by atoms with E-state index in [2.05, 4.69) is 10.4 Å². The van der Waals surface area contributed by atoms with Gasteiger partial charge in [0.2, 0.25) is 5.91 Å². The number of thioether (sulfide) groups is 1. The summed E-state index contributed by atoms with van der Waals surface area (Å²) in [6.45, 7) is 3.75. The molecular formula is C17H18ClN3O4S. The minimum Gasteiger partial charge on any atom is -0.506 e. The van der Waals surface area contributed by atoms with Crippen LogP contribution >= 0.6 is 23.4 Å². The number of hydrogen-bond acceptors (Lipinski definition) is 6. The number of benzene rings is 1. The lowest BCUT2D eigenvalue weighted by atomic mass is 10.0. The van der Waals surface area contributed by atoms with E-state index in [-0.39, 0.29) is 40.8 Å². The molecule has 0 bridgehead atoms. The van der Waals surface area contributed by atoms with E-state index >= 15 is 0 Å². The van der Waals surface area contributed by atoms with Crippen LogP contribution in [0, 0.1) is 6.92 Å². The molecule has 0 saturated heterocycles. The Labute approximate surface area is 159 Å². The standard InChI is InChI=1S/C17H18ClN3O4S/c1-3-25-14(24)7-21-17-15(9(2)20-21)16(26-8-13(23)19-17)10-4-5-12(22)11(18)6-10/h4-6,16,22H,3,7-8H2,1-2H3,(H,19,23)/t16-/m0/s1. The fraction of sp³-hybridized carbons (Fsp3) is 0.353. The Kier molecular flexibility index (Phi) is 5.43. The summed E-state index contributed by atoms with van der Waals surface area (Å²) < 4.78 is 6.44. The topological polar surface area (TPSA) is 93.5 Å². The van der Waals surface area contributed by atoms with Crippen LogP contribution in [0.1, 0.15) is 29.0 Å². The van der Waals surface area contributed by atoms with Crippen LogP contribution in [0.25, 0.3) is 0 Å². The first kappa shape index (κ1) is 18.6. The number of esters is 1. The van der Waals surface area contributed by atoms with E-state index < -0.39 is 5.97 Å². The Balaban J connectivity index is 2.05. The molecule has 0 radical (unpaired) electrons. The van der Waals surface area contributed by atoms with Gasteiger partial charge >= 0.3 is 5.97 Å². The number of aromatic nitrogens is 2. The third-order valence-electron chi connectivity index (χ3n) is 3.93. The second-order valence-electron chi connectivity index (χ2n) is 5.76. The number of fused-ring (bicyclic) bond motifs is 1. The second kappa shape index (κ2) is 7.59. The number of phenolic OH excluding ortho intramolecular Hbond substituents is 1. The zero-order chi connectivity index (χ0) is 18.8. The molecule has 0 fully saturated rings. The van der Waals surface area contributed by atoms with Crippen LogP contribution in [-0.2, 0) is 20.9 Å². The van der Waals surface area contributed by atoms with Crippen LogP contribution in [0.4, 0.5) is 5.82 Å². The Morgan fingerprint density at radius 1 is 1.54 bits per heavy atom. The summed E-state index contributed by atoms with van der Waals surface area (Å²) in [6.07, 6.45) is 0. The lowest BCUT2D eigenvalue weighted by Gasteiger charge is -2.16. The van der Waals surface area contributed by atoms with Crippen molar-refractivity contribution in [2.24, 2.45) is 0 Å². The zero-order valence-electron chi connectivity index (χ0n) is 14.3. The van der Waals surface area contributed by atoms with Gasteiger partial charge in [0, 0.05) is 5.56 Å². The lowest BCUT2D eigenvalue weighted by Crippen LogP contribution is -2.20. The number of carbonyl (C=O) groups is 2. The number of hydrogen-bond donors (Lipinski definition) is 2. The van der Waals surface area contributed by atoms with Gasteiger partial charge in [-0.05, 0) is 31.5 Å². The average molecular weight is 396 g/mol. The summed E-state index contributed by atoms with van der Waals surface area (Å²) in [5.41, 5.74) is 2.36. The molecule has 9 heteroatoms. The molecule has 26 heavy (non-hydrogen) atoms. The highest BCUT2D eigenvalue weighted by Crippen LogP contribution is 2.44. The molecule has 138 valence electrons. The van der Waals surface area contributed by atoms with E-state index in [1.807, 2.05) is 6.92 Å². The molecule has 1 aliphatic heterocycles. The van der Waals surface area contributed by atoms with Gasteiger partial charge < -0.3 is 15.2 Å². The van der Waals surface area contributed by atoms with Crippen LogP contribution in [-0.4, -0.2) is 39.1 Å². The van der Waals surface area contributed by atoms with Gasteiger partial charge in [-0.3, -0.25) is 9.59 Å². The van der Waals surface area contributed by atoms with Crippen molar-refractivity contribution in [1.82, 2.24) is 9.78 Å². The Morgan fingerprint density at radius 2 is 2.31 bits per heavy atom. The first-order chi connectivity index (χ1) is 12.4. The highest BCUT2D eigenvalue weighted by molar-refractivity contribution is 8.00. The van der Waals surface area contributed by atoms with E-state index in [1.165, 1.54) is 22.5 Å². The molecule has 0 spiro atoms. The summed E-state index contributed by atoms with van der Waals surface area (Å²) >= 11 is 7.49. The Morgan fingerprint density at radius 3 is 3.00 bits per heavy atom. The van der Waals surface area contributed by atoms with Gasteiger partial charge in [0.15, 0.2) is 0 Å². The minimum atomic E-state index is -0.423. The molecule has 0 saturated carbocycles. The van der Waals surface area contributed by atoms with Gasteiger partial charge in [-0.25, -0.2) is 4.68 Å². The van der Waals surface area contributed by atoms with Gasteiger partial charge in [-0.1, -0.05) is 17.7 Å². The van der Waals surface area contributed by atoms with Crippen molar-refractivity contribution < 1.29 is 19.4 Å². The van der Waals surface area contributed by atoms with Crippen molar-refractivity contribution in [1.29, 1.82) is 0 Å². The van der Waals surface area contributed by atoms with Gasteiger partial charge in [0.05, 0.1) is 28.3 Å². The largest absolute Gasteiger partial charge is 0.506 e. The maximum Gasteiger partial charge on any atom is 0.327 e. The SMILES string of the molecule is CCOC(=O)Cn1nc(C)c2c1NC(=O)CS[C@H]2c1ccc(O)c(Cl)c1. The molecule has 1 aliphatic rings. The normalized spacial score (nSPS) is 16.6. The third-order valence-corrected chi connectivity index (χ3v) is 5.51. The van der Waals surface area contributed by atoms with E-state index in [1.54, 1.807) is 19.1 Å². The highest BCUT2D eigenvalue weighted by atomic mass is 35.5. The van der Waals surface area contributed by atoms with Crippen LogP contribution in [0.15, 0.2) is 18.2 Å². The van der Waals surface area contributed by atoms with E-state index in [9.17, 15) is 14.7 Å². The predicted octanol–water partition coefficient (Wildman–Crippen LogP) is 2.89. The van der Waals surface area contributed by atoms with Crippen LogP contribution < -0.4 is 5.32 Å². The summed E-state index contributed by atoms with van der Waals surface area (Å²) in [6, 6.07) is 4.97. The van der Waals surface area contributed by atoms with Gasteiger partial charge in [-0.2, -0.15) is 5.10 Å². The van der Waals surface area contributed by atoms with Crippen molar-refractivity contribution >= 4 is 41.1 Å². The molecule has 1 amide bonds. The van der Waals surface area contributed by atoms with Gasteiger partial charge in [-0.15, -0.1) is 11.8 Å². The maximum atomic E-state index is 12.2. The fourth-order valence-corrected chi connectivity index (χ4v) is 4.21. The van der Waals surface area contributed by atoms with Gasteiger partial charge in [0.1, 0.15) is 18.1 Å². The first-order valence-electron chi connectivity index (χ1n) is 8.03. The number of carbonyl (C=O) groups excluding carboxylic acids is 2. The van der Waals surface area contributed by atoms with E-state index in [0.29, 0.717) is 11.5 Å². The monoisotopic (exact) mass is 395 g/mol. The molecular weight excluding hydrogens is 378 g/mol. The molecule has 0 aliphatic carbocycles. The second-order valence-corrected chi connectivity index (χ2v) is 7.26. The Bertz CT molecular complexity index is 868. The number of ether oxygens (including phenoxy) is 1. The number of nitrogens with one attached hydrogen (secondary N) is 1. The number of aryl methyl sites for hydroxylation is 1. The minimum absolute atomic E-state index is 0.00167. The summed E-state index contributed by atoms with van der Waals surface area (Å²) in [5, 5.41) is 16.9. The molecule has 3 rings (SSSR count). The summed E-state index contributed by atoms with van der Waals surface area (Å²) in [7, 11) is 0. The molecule has 7 nitrogen and oxygen atoms in total. The molecule has 2 heterocycles. The quantitative estimate of drug-likeness (QED) is 0.773. The number of aromatic hydroxyl groups is 1. The number of anilines is 1. The van der Waals surface area contributed by atoms with Crippen molar-refractivity contribution in [2.75, 3.05) is 17.7 Å². The first-order valence-corrected chi connectivity index (χ1v) is 9.46. The molecule has 2 aromatic rings. The summed E-state index contributed by atoms with van der Waals surface area (Å²) in [4.78, 5) is 24.0. The van der Waals surface area contributed by atoms with Gasteiger partial charge in [0.25, 0.3) is 0 Å². The number of phenols is 1. The van der Waals surface area contributed by atoms with Crippen molar-refractivity contribution in [2.45, 2.75) is 25.6 Å². The van der Waals surface area contributed by atoms with Crippen LogP contribution in [0.3, 0.4) is 0 Å². The predicted molar refractivity (Wildman–Crippen MR) is 99.6 cm³/mol. The van der Waals surface area contributed by atoms with E-state index in [0.717, 1.165) is 11.1 Å². The van der Waals surface area contributed by atoms with Crippen molar-refractivity contribution in [3.63, 3.8) is 0 Å². The summed E-state index contributed by atoms with van der Waals surface area (Å²) in [5.74, 6) is 0.135. The fourth-order valence-electron chi connectivity index (χ4n) is 2.84. The number of halogens is 1. The van der Waals surface area contributed by atoms with Crippen LogP contribution in [0.2, 0.25) is 5.02 Å². The number of rotatable bonds is 4. The van der Waals surface area contributed by atoms with Crippen molar-refractivity contribution in [3.8, 4) is 5.75 Å². The third kappa shape index (κ3) is 3.66. The lowest BCUT2D eigenvalue weighted by molar-refractivity contribution is -0.144. The molecule has 1 aromatic heterocycles. The van der Waals surface area contributed by atoms with Crippen LogP contribution in [0.5, 0.6) is 5.75 Å².